The molecule has 3 aromatic carbocycles. The molecule has 1 aliphatic rings. The van der Waals surface area contributed by atoms with Gasteiger partial charge >= 0.3 is 12.1 Å². The second kappa shape index (κ2) is 10.5. The summed E-state index contributed by atoms with van der Waals surface area (Å²) in [6, 6.07) is 17.4. The largest absolute Gasteiger partial charge is 0.482 e. The Morgan fingerprint density at radius 1 is 1.20 bits per heavy atom. The number of benzene rings is 3. The number of aliphatic carboxylic acids is 1. The summed E-state index contributed by atoms with van der Waals surface area (Å²) in [7, 11) is 0. The first-order valence-electron chi connectivity index (χ1n) is 11.3. The molecule has 1 fully saturated rings. The Labute approximate surface area is 201 Å². The molecule has 0 radical (unpaired) electrons. The Kier molecular flexibility index (Phi) is 7.47. The van der Waals surface area contributed by atoms with Crippen molar-refractivity contribution in [2.75, 3.05) is 37.8 Å². The van der Waals surface area contributed by atoms with Crippen molar-refractivity contribution in [3.8, 4) is 5.75 Å². The van der Waals surface area contributed by atoms with Crippen LogP contribution in [0.2, 0.25) is 0 Å². The van der Waals surface area contributed by atoms with Gasteiger partial charge in [-0.3, -0.25) is 0 Å². The van der Waals surface area contributed by atoms with Crippen LogP contribution in [0.5, 0.6) is 5.75 Å². The van der Waals surface area contributed by atoms with Crippen LogP contribution in [0.4, 0.5) is 18.9 Å². The number of morpholine rings is 1. The van der Waals surface area contributed by atoms with Crippen molar-refractivity contribution in [1.29, 1.82) is 0 Å². The summed E-state index contributed by atoms with van der Waals surface area (Å²) in [5, 5.41) is 14.7. The molecule has 9 heteroatoms. The van der Waals surface area contributed by atoms with Crippen molar-refractivity contribution in [1.82, 2.24) is 5.32 Å². The number of hydrogen-bond donors (Lipinski definition) is 2. The molecule has 0 aliphatic carbocycles. The van der Waals surface area contributed by atoms with Gasteiger partial charge in [0.25, 0.3) is 0 Å². The number of ether oxygens (including phenoxy) is 2. The standard InChI is InChI=1S/C26H27F3N2O4/c1-17(23-8-4-6-18-5-2-3-7-24(18)23)30-14-21-15-34-10-9-31(21)20-11-19(26(27,28)29)12-22(13-20)35-16-25(32)33/h2-8,11-13,17,21,30H,9-10,14-16H2,1H3,(H,32,33)/t17-,21?/m1/s1. The Bertz CT molecular complexity index is 1180. The van der Waals surface area contributed by atoms with Crippen molar-refractivity contribution >= 4 is 22.4 Å². The normalized spacial score (nSPS) is 17.4. The average molecular weight is 489 g/mol. The first-order chi connectivity index (χ1) is 16.7. The maximum absolute atomic E-state index is 13.6. The SMILES string of the molecule is C[C@@H](NCC1COCCN1c1cc(OCC(=O)O)cc(C(F)(F)F)c1)c1cccc2ccccc12. The van der Waals surface area contributed by atoms with Crippen molar-refractivity contribution in [2.45, 2.75) is 25.2 Å². The number of carboxylic acids is 1. The number of halogens is 3. The average Bonchev–Trinajstić information content (AvgIpc) is 2.85. The van der Waals surface area contributed by atoms with E-state index >= 15 is 0 Å². The van der Waals surface area contributed by atoms with Crippen LogP contribution < -0.4 is 15.0 Å². The summed E-state index contributed by atoms with van der Waals surface area (Å²) in [6.07, 6.45) is -4.60. The van der Waals surface area contributed by atoms with E-state index in [4.69, 9.17) is 14.6 Å². The zero-order valence-corrected chi connectivity index (χ0v) is 19.2. The summed E-state index contributed by atoms with van der Waals surface area (Å²) in [4.78, 5) is 12.7. The van der Waals surface area contributed by atoms with Gasteiger partial charge in [0.15, 0.2) is 6.61 Å². The number of carboxylic acid groups (broad SMARTS) is 1. The first kappa shape index (κ1) is 24.8. The second-order valence-corrected chi connectivity index (χ2v) is 8.52. The van der Waals surface area contributed by atoms with Gasteiger partial charge < -0.3 is 24.8 Å². The molecule has 4 rings (SSSR count). The third-order valence-electron chi connectivity index (χ3n) is 6.09. The number of nitrogens with one attached hydrogen (secondary N) is 1. The second-order valence-electron chi connectivity index (χ2n) is 8.52. The molecular weight excluding hydrogens is 461 g/mol. The van der Waals surface area contributed by atoms with Gasteiger partial charge in [-0.2, -0.15) is 13.2 Å². The fourth-order valence-corrected chi connectivity index (χ4v) is 4.36. The number of alkyl halides is 3. The van der Waals surface area contributed by atoms with E-state index in [9.17, 15) is 18.0 Å². The summed E-state index contributed by atoms with van der Waals surface area (Å²) >= 11 is 0. The van der Waals surface area contributed by atoms with E-state index < -0.39 is 24.3 Å². The molecule has 1 aliphatic heterocycles. The predicted molar refractivity (Wildman–Crippen MR) is 127 cm³/mol. The number of hydrogen-bond acceptors (Lipinski definition) is 5. The van der Waals surface area contributed by atoms with Crippen molar-refractivity contribution in [3.05, 3.63) is 71.8 Å². The van der Waals surface area contributed by atoms with Gasteiger partial charge in [0.2, 0.25) is 0 Å². The van der Waals surface area contributed by atoms with Gasteiger partial charge in [0.05, 0.1) is 24.8 Å². The summed E-state index contributed by atoms with van der Waals surface area (Å²) < 4.78 is 51.4. The van der Waals surface area contributed by atoms with E-state index in [0.717, 1.165) is 28.5 Å². The molecule has 0 spiro atoms. The molecular formula is C26H27F3N2O4. The highest BCUT2D eigenvalue weighted by Crippen LogP contribution is 2.36. The Balaban J connectivity index is 1.55. The molecule has 6 nitrogen and oxygen atoms in total. The van der Waals surface area contributed by atoms with E-state index in [1.165, 1.54) is 6.07 Å². The third kappa shape index (κ3) is 6.04. The van der Waals surface area contributed by atoms with Crippen LogP contribution >= 0.6 is 0 Å². The van der Waals surface area contributed by atoms with Gasteiger partial charge in [-0.15, -0.1) is 0 Å². The monoisotopic (exact) mass is 488 g/mol. The topological polar surface area (TPSA) is 71.0 Å². The number of nitrogens with zero attached hydrogens (tertiary/aromatic N) is 1. The van der Waals surface area contributed by atoms with Crippen molar-refractivity contribution < 1.29 is 32.5 Å². The molecule has 1 saturated heterocycles. The molecule has 0 bridgehead atoms. The van der Waals surface area contributed by atoms with E-state index in [-0.39, 0.29) is 17.8 Å². The number of anilines is 1. The molecule has 2 N–H and O–H groups in total. The predicted octanol–water partition coefficient (Wildman–Crippen LogP) is 4.88. The smallest absolute Gasteiger partial charge is 0.416 e. The zero-order valence-electron chi connectivity index (χ0n) is 19.2. The van der Waals surface area contributed by atoms with Gasteiger partial charge in [-0.1, -0.05) is 42.5 Å². The lowest BCUT2D eigenvalue weighted by Crippen LogP contribution is -2.51. The molecule has 3 aromatic rings. The van der Waals surface area contributed by atoms with E-state index in [0.29, 0.717) is 32.0 Å². The Morgan fingerprint density at radius 3 is 2.74 bits per heavy atom. The molecule has 1 heterocycles. The van der Waals surface area contributed by atoms with Crippen LogP contribution in [0.1, 0.15) is 24.1 Å². The minimum Gasteiger partial charge on any atom is -0.482 e. The lowest BCUT2D eigenvalue weighted by molar-refractivity contribution is -0.139. The van der Waals surface area contributed by atoms with Crippen LogP contribution in [-0.4, -0.2) is 50.0 Å². The molecule has 2 atom stereocenters. The van der Waals surface area contributed by atoms with E-state index in [1.54, 1.807) is 0 Å². The number of carbonyl (C=O) groups is 1. The fourth-order valence-electron chi connectivity index (χ4n) is 4.36. The zero-order chi connectivity index (χ0) is 25.0. The Morgan fingerprint density at radius 2 is 1.97 bits per heavy atom. The quantitative estimate of drug-likeness (QED) is 0.471. The molecule has 0 saturated carbocycles. The lowest BCUT2D eigenvalue weighted by Gasteiger charge is -2.38. The maximum atomic E-state index is 13.6. The van der Waals surface area contributed by atoms with Crippen LogP contribution in [0, 0.1) is 0 Å². The summed E-state index contributed by atoms with van der Waals surface area (Å²) in [5.74, 6) is -1.40. The summed E-state index contributed by atoms with van der Waals surface area (Å²) in [5.41, 5.74) is 0.556. The highest BCUT2D eigenvalue weighted by molar-refractivity contribution is 5.86. The minimum atomic E-state index is -4.60. The molecule has 1 unspecified atom stereocenters. The maximum Gasteiger partial charge on any atom is 0.416 e. The van der Waals surface area contributed by atoms with Gasteiger partial charge in [0, 0.05) is 30.9 Å². The molecule has 35 heavy (non-hydrogen) atoms. The Hall–Kier alpha value is -3.30. The number of rotatable bonds is 8. The van der Waals surface area contributed by atoms with Crippen molar-refractivity contribution in [3.63, 3.8) is 0 Å². The van der Waals surface area contributed by atoms with E-state index in [1.807, 2.05) is 23.1 Å². The minimum absolute atomic E-state index is 0.000784. The van der Waals surface area contributed by atoms with Gasteiger partial charge in [-0.05, 0) is 35.4 Å². The fraction of sp³-hybridized carbons (Fsp3) is 0.346. The van der Waals surface area contributed by atoms with E-state index in [2.05, 4.69) is 36.5 Å². The van der Waals surface area contributed by atoms with Gasteiger partial charge in [-0.25, -0.2) is 4.79 Å². The first-order valence-corrected chi connectivity index (χ1v) is 11.3. The van der Waals surface area contributed by atoms with Crippen LogP contribution in [0.25, 0.3) is 10.8 Å². The third-order valence-corrected chi connectivity index (χ3v) is 6.09. The summed E-state index contributed by atoms with van der Waals surface area (Å²) in [6.45, 7) is 2.92. The number of fused-ring (bicyclic) bond motifs is 1. The van der Waals surface area contributed by atoms with Gasteiger partial charge in [0.1, 0.15) is 5.75 Å². The van der Waals surface area contributed by atoms with Crippen LogP contribution in [0.15, 0.2) is 60.7 Å². The molecule has 0 aromatic heterocycles. The lowest BCUT2D eigenvalue weighted by atomic mass is 9.99. The molecule has 0 amide bonds. The van der Waals surface area contributed by atoms with Crippen LogP contribution in [0.3, 0.4) is 0 Å². The highest BCUT2D eigenvalue weighted by Gasteiger charge is 2.33. The highest BCUT2D eigenvalue weighted by atomic mass is 19.4. The van der Waals surface area contributed by atoms with Crippen LogP contribution in [-0.2, 0) is 15.7 Å². The van der Waals surface area contributed by atoms with Crippen molar-refractivity contribution in [2.24, 2.45) is 0 Å². The molecule has 186 valence electrons.